The highest BCUT2D eigenvalue weighted by Gasteiger charge is 2.07. The van der Waals surface area contributed by atoms with E-state index >= 15 is 0 Å². The van der Waals surface area contributed by atoms with Crippen molar-refractivity contribution >= 4 is 0 Å². The predicted octanol–water partition coefficient (Wildman–Crippen LogP) is 4.10. The number of aromatic nitrogens is 2. The Kier molecular flexibility index (Phi) is 6.00. The summed E-state index contributed by atoms with van der Waals surface area (Å²) in [4.78, 5) is 0. The van der Waals surface area contributed by atoms with Crippen molar-refractivity contribution in [2.75, 3.05) is 0 Å². The fourth-order valence-electron chi connectivity index (χ4n) is 2.74. The van der Waals surface area contributed by atoms with Crippen molar-refractivity contribution in [3.8, 4) is 0 Å². The third kappa shape index (κ3) is 4.18. The van der Waals surface area contributed by atoms with Gasteiger partial charge in [-0.2, -0.15) is 5.10 Å². The largest absolute Gasteiger partial charge is 0.307 e. The molecule has 0 saturated carbocycles. The van der Waals surface area contributed by atoms with Gasteiger partial charge in [0.1, 0.15) is 0 Å². The zero-order chi connectivity index (χ0) is 15.1. The van der Waals surface area contributed by atoms with Crippen LogP contribution in [0.3, 0.4) is 0 Å². The van der Waals surface area contributed by atoms with Crippen molar-refractivity contribution < 1.29 is 0 Å². The molecule has 3 nitrogen and oxygen atoms in total. The second-order valence-electron chi connectivity index (χ2n) is 5.48. The molecule has 1 heterocycles. The molecule has 2 rings (SSSR count). The molecule has 0 atom stereocenters. The Bertz CT molecular complexity index is 541. The number of aryl methyl sites for hydroxylation is 1. The summed E-state index contributed by atoms with van der Waals surface area (Å²) in [5.74, 6) is 0. The van der Waals surface area contributed by atoms with E-state index in [1.807, 2.05) is 0 Å². The van der Waals surface area contributed by atoms with Gasteiger partial charge in [-0.1, -0.05) is 45.0 Å². The highest BCUT2D eigenvalue weighted by atomic mass is 15.3. The van der Waals surface area contributed by atoms with E-state index in [4.69, 9.17) is 0 Å². The van der Waals surface area contributed by atoms with Crippen LogP contribution < -0.4 is 5.32 Å². The molecule has 1 N–H and O–H groups in total. The summed E-state index contributed by atoms with van der Waals surface area (Å²) >= 11 is 0. The lowest BCUT2D eigenvalue weighted by Crippen LogP contribution is -2.15. The topological polar surface area (TPSA) is 29.9 Å². The fraction of sp³-hybridized carbons (Fsp3) is 0.500. The molecule has 0 unspecified atom stereocenters. The second kappa shape index (κ2) is 7.99. The molecule has 1 aromatic carbocycles. The second-order valence-corrected chi connectivity index (χ2v) is 5.48. The molecule has 0 radical (unpaired) electrons. The summed E-state index contributed by atoms with van der Waals surface area (Å²) in [6, 6.07) is 11.3. The molecule has 21 heavy (non-hydrogen) atoms. The highest BCUT2D eigenvalue weighted by Crippen LogP contribution is 2.14. The SMILES string of the molecule is CCc1ccccc1CNCc1ccn(C(CC)CC)n1. The van der Waals surface area contributed by atoms with Gasteiger partial charge in [-0.05, 0) is 36.5 Å². The Hall–Kier alpha value is -1.61. The number of hydrogen-bond donors (Lipinski definition) is 1. The van der Waals surface area contributed by atoms with E-state index in [2.05, 4.69) is 72.4 Å². The Labute approximate surface area is 128 Å². The number of nitrogens with one attached hydrogen (secondary N) is 1. The lowest BCUT2D eigenvalue weighted by atomic mass is 10.1. The van der Waals surface area contributed by atoms with Gasteiger partial charge in [0.15, 0.2) is 0 Å². The average molecular weight is 285 g/mol. The summed E-state index contributed by atoms with van der Waals surface area (Å²) in [5.41, 5.74) is 3.93. The van der Waals surface area contributed by atoms with Crippen LogP contribution in [0.2, 0.25) is 0 Å². The summed E-state index contributed by atoms with van der Waals surface area (Å²) < 4.78 is 2.11. The van der Waals surface area contributed by atoms with Crippen LogP contribution in [0.1, 0.15) is 56.5 Å². The molecule has 0 aliphatic heterocycles. The molecular weight excluding hydrogens is 258 g/mol. The maximum atomic E-state index is 4.68. The summed E-state index contributed by atoms with van der Waals surface area (Å²) in [7, 11) is 0. The fourth-order valence-corrected chi connectivity index (χ4v) is 2.74. The van der Waals surface area contributed by atoms with Crippen molar-refractivity contribution in [1.29, 1.82) is 0 Å². The first kappa shape index (κ1) is 15.8. The number of rotatable bonds is 8. The molecule has 3 heteroatoms. The van der Waals surface area contributed by atoms with Gasteiger partial charge in [0, 0.05) is 19.3 Å². The summed E-state index contributed by atoms with van der Waals surface area (Å²) in [6.45, 7) is 8.37. The zero-order valence-electron chi connectivity index (χ0n) is 13.5. The van der Waals surface area contributed by atoms with Crippen molar-refractivity contribution in [3.05, 3.63) is 53.3 Å². The normalized spacial score (nSPS) is 11.2. The highest BCUT2D eigenvalue weighted by molar-refractivity contribution is 5.26. The Morgan fingerprint density at radius 1 is 1.00 bits per heavy atom. The van der Waals surface area contributed by atoms with E-state index in [9.17, 15) is 0 Å². The van der Waals surface area contributed by atoms with Crippen LogP contribution in [0.5, 0.6) is 0 Å². The first-order chi connectivity index (χ1) is 10.3. The zero-order valence-corrected chi connectivity index (χ0v) is 13.5. The molecule has 0 spiro atoms. The van der Waals surface area contributed by atoms with Gasteiger partial charge >= 0.3 is 0 Å². The smallest absolute Gasteiger partial charge is 0.0762 e. The van der Waals surface area contributed by atoms with Gasteiger partial charge in [0.2, 0.25) is 0 Å². The van der Waals surface area contributed by atoms with E-state index in [0.29, 0.717) is 6.04 Å². The van der Waals surface area contributed by atoms with Crippen LogP contribution in [-0.4, -0.2) is 9.78 Å². The Morgan fingerprint density at radius 2 is 1.71 bits per heavy atom. The molecule has 0 amide bonds. The van der Waals surface area contributed by atoms with Crippen LogP contribution in [0.15, 0.2) is 36.5 Å². The number of nitrogens with zero attached hydrogens (tertiary/aromatic N) is 2. The van der Waals surface area contributed by atoms with Crippen LogP contribution in [0.25, 0.3) is 0 Å². The molecule has 0 aliphatic carbocycles. The Morgan fingerprint density at radius 3 is 2.38 bits per heavy atom. The van der Waals surface area contributed by atoms with Crippen LogP contribution in [0.4, 0.5) is 0 Å². The van der Waals surface area contributed by atoms with Crippen LogP contribution >= 0.6 is 0 Å². The quantitative estimate of drug-likeness (QED) is 0.791. The van der Waals surface area contributed by atoms with Crippen molar-refractivity contribution in [2.24, 2.45) is 0 Å². The van der Waals surface area contributed by atoms with Gasteiger partial charge in [-0.25, -0.2) is 0 Å². The third-order valence-corrected chi connectivity index (χ3v) is 4.10. The lowest BCUT2D eigenvalue weighted by Gasteiger charge is -2.12. The molecule has 0 bridgehead atoms. The standard InChI is InChI=1S/C18H27N3/c1-4-15-9-7-8-10-16(15)13-19-14-17-11-12-21(20-17)18(5-2)6-3/h7-12,18-19H,4-6,13-14H2,1-3H3. The Balaban J connectivity index is 1.89. The van der Waals surface area contributed by atoms with E-state index < -0.39 is 0 Å². The van der Waals surface area contributed by atoms with E-state index in [1.54, 1.807) is 0 Å². The minimum Gasteiger partial charge on any atom is -0.307 e. The maximum absolute atomic E-state index is 4.68. The van der Waals surface area contributed by atoms with Crippen molar-refractivity contribution in [1.82, 2.24) is 15.1 Å². The minimum absolute atomic E-state index is 0.527. The van der Waals surface area contributed by atoms with Gasteiger partial charge in [0.05, 0.1) is 11.7 Å². The maximum Gasteiger partial charge on any atom is 0.0762 e. The molecule has 0 aliphatic rings. The van der Waals surface area contributed by atoms with Gasteiger partial charge in [-0.3, -0.25) is 4.68 Å². The van der Waals surface area contributed by atoms with E-state index in [-0.39, 0.29) is 0 Å². The number of benzene rings is 1. The van der Waals surface area contributed by atoms with Gasteiger partial charge in [-0.15, -0.1) is 0 Å². The first-order valence-electron chi connectivity index (χ1n) is 8.09. The van der Waals surface area contributed by atoms with Crippen LogP contribution in [0, 0.1) is 0 Å². The van der Waals surface area contributed by atoms with Crippen molar-refractivity contribution in [2.45, 2.75) is 59.2 Å². The predicted molar refractivity (Wildman–Crippen MR) is 88.2 cm³/mol. The monoisotopic (exact) mass is 285 g/mol. The minimum atomic E-state index is 0.527. The first-order valence-corrected chi connectivity index (χ1v) is 8.09. The molecular formula is C18H27N3. The summed E-state index contributed by atoms with van der Waals surface area (Å²) in [5, 5.41) is 8.19. The van der Waals surface area contributed by atoms with Crippen molar-refractivity contribution in [3.63, 3.8) is 0 Å². The lowest BCUT2D eigenvalue weighted by molar-refractivity contribution is 0.424. The molecule has 114 valence electrons. The summed E-state index contributed by atoms with van der Waals surface area (Å²) in [6.07, 6.45) is 5.46. The molecule has 0 saturated heterocycles. The van der Waals surface area contributed by atoms with Gasteiger partial charge < -0.3 is 5.32 Å². The number of hydrogen-bond acceptors (Lipinski definition) is 2. The molecule has 1 aromatic heterocycles. The third-order valence-electron chi connectivity index (χ3n) is 4.10. The van der Waals surface area contributed by atoms with Gasteiger partial charge in [0.25, 0.3) is 0 Å². The average Bonchev–Trinajstić information content (AvgIpc) is 2.98. The van der Waals surface area contributed by atoms with E-state index in [1.165, 1.54) is 11.1 Å². The van der Waals surface area contributed by atoms with Crippen LogP contribution in [-0.2, 0) is 19.5 Å². The van der Waals surface area contributed by atoms with E-state index in [0.717, 1.165) is 38.0 Å². The molecule has 2 aromatic rings. The molecule has 0 fully saturated rings.